The second kappa shape index (κ2) is 6.06. The van der Waals surface area contributed by atoms with Gasteiger partial charge in [-0.05, 0) is 39.3 Å². The molecule has 1 atom stereocenters. The molecule has 3 N–H and O–H groups in total. The number of hydrogen-bond acceptors (Lipinski definition) is 4. The van der Waals surface area contributed by atoms with Gasteiger partial charge in [0.15, 0.2) is 0 Å². The summed E-state index contributed by atoms with van der Waals surface area (Å²) in [4.78, 5) is 2.32. The molecule has 0 saturated carbocycles. The molecular formula is C13H23N5O. The first-order valence-corrected chi connectivity index (χ1v) is 6.84. The molecule has 2 heterocycles. The molecule has 6 nitrogen and oxygen atoms in total. The molecule has 2 rings (SSSR count). The van der Waals surface area contributed by atoms with E-state index in [0.717, 1.165) is 38.2 Å². The van der Waals surface area contributed by atoms with Crippen molar-refractivity contribution in [2.75, 3.05) is 13.1 Å². The molecule has 0 aromatic carbocycles. The van der Waals surface area contributed by atoms with Crippen molar-refractivity contribution < 1.29 is 5.21 Å². The van der Waals surface area contributed by atoms with Crippen LogP contribution in [-0.4, -0.2) is 38.8 Å². The number of piperidine rings is 1. The van der Waals surface area contributed by atoms with E-state index < -0.39 is 0 Å². The van der Waals surface area contributed by atoms with Crippen molar-refractivity contribution in [1.29, 1.82) is 0 Å². The van der Waals surface area contributed by atoms with Crippen molar-refractivity contribution in [1.82, 2.24) is 14.7 Å². The van der Waals surface area contributed by atoms with Gasteiger partial charge in [-0.3, -0.25) is 9.58 Å². The number of nitrogens with zero attached hydrogens (tertiary/aromatic N) is 4. The Kier molecular flexibility index (Phi) is 4.42. The van der Waals surface area contributed by atoms with Crippen LogP contribution in [-0.2, 0) is 6.54 Å². The minimum Gasteiger partial charge on any atom is -0.409 e. The monoisotopic (exact) mass is 265 g/mol. The average molecular weight is 265 g/mol. The van der Waals surface area contributed by atoms with E-state index in [2.05, 4.69) is 35.1 Å². The van der Waals surface area contributed by atoms with Crippen LogP contribution < -0.4 is 5.73 Å². The molecule has 106 valence electrons. The standard InChI is InChI=1S/C13H23N5O/c1-10(2)18-7-5-12(15-18)9-17-6-3-4-11(8-17)13(14)16-19/h5,7,10-11,19H,3-4,6,8-9H2,1-2H3,(H2,14,16). The van der Waals surface area contributed by atoms with Crippen LogP contribution in [0.3, 0.4) is 0 Å². The van der Waals surface area contributed by atoms with Gasteiger partial charge < -0.3 is 10.9 Å². The second-order valence-corrected chi connectivity index (χ2v) is 5.48. The molecule has 0 radical (unpaired) electrons. The fourth-order valence-electron chi connectivity index (χ4n) is 2.50. The van der Waals surface area contributed by atoms with E-state index in [1.54, 1.807) is 0 Å². The van der Waals surface area contributed by atoms with Gasteiger partial charge in [0.1, 0.15) is 5.84 Å². The Bertz CT molecular complexity index is 440. The number of hydrogen-bond donors (Lipinski definition) is 2. The van der Waals surface area contributed by atoms with Crippen LogP contribution in [0.15, 0.2) is 17.4 Å². The molecule has 1 aromatic heterocycles. The highest BCUT2D eigenvalue weighted by molar-refractivity contribution is 5.82. The smallest absolute Gasteiger partial charge is 0.143 e. The lowest BCUT2D eigenvalue weighted by Gasteiger charge is -2.31. The van der Waals surface area contributed by atoms with Crippen molar-refractivity contribution in [3.63, 3.8) is 0 Å². The maximum absolute atomic E-state index is 8.76. The second-order valence-electron chi connectivity index (χ2n) is 5.48. The van der Waals surface area contributed by atoms with E-state index in [0.29, 0.717) is 11.9 Å². The third kappa shape index (κ3) is 3.47. The number of aromatic nitrogens is 2. The quantitative estimate of drug-likeness (QED) is 0.373. The molecule has 19 heavy (non-hydrogen) atoms. The third-order valence-electron chi connectivity index (χ3n) is 3.62. The first kappa shape index (κ1) is 13.9. The zero-order valence-electron chi connectivity index (χ0n) is 11.7. The summed E-state index contributed by atoms with van der Waals surface area (Å²) in [5.41, 5.74) is 6.78. The molecule has 0 bridgehead atoms. The van der Waals surface area contributed by atoms with Crippen molar-refractivity contribution >= 4 is 5.84 Å². The Labute approximate surface area is 113 Å². The number of oxime groups is 1. The van der Waals surface area contributed by atoms with E-state index in [9.17, 15) is 0 Å². The molecule has 1 saturated heterocycles. The third-order valence-corrected chi connectivity index (χ3v) is 3.62. The fourth-order valence-corrected chi connectivity index (χ4v) is 2.50. The van der Waals surface area contributed by atoms with Crippen molar-refractivity contribution in [3.8, 4) is 0 Å². The Morgan fingerprint density at radius 3 is 3.05 bits per heavy atom. The van der Waals surface area contributed by atoms with Gasteiger partial charge in [-0.25, -0.2) is 0 Å². The summed E-state index contributed by atoms with van der Waals surface area (Å²) < 4.78 is 1.97. The first-order chi connectivity index (χ1) is 9.10. The van der Waals surface area contributed by atoms with Crippen LogP contribution in [0.5, 0.6) is 0 Å². The molecule has 0 spiro atoms. The van der Waals surface area contributed by atoms with Gasteiger partial charge in [0.05, 0.1) is 5.69 Å². The summed E-state index contributed by atoms with van der Waals surface area (Å²) in [6, 6.07) is 2.45. The summed E-state index contributed by atoms with van der Waals surface area (Å²) in [5.74, 6) is 0.503. The fraction of sp³-hybridized carbons (Fsp3) is 0.692. The highest BCUT2D eigenvalue weighted by Gasteiger charge is 2.23. The number of nitrogens with two attached hydrogens (primary N) is 1. The van der Waals surface area contributed by atoms with E-state index >= 15 is 0 Å². The largest absolute Gasteiger partial charge is 0.409 e. The Hall–Kier alpha value is -1.56. The SMILES string of the molecule is CC(C)n1ccc(CN2CCCC(C(N)=NO)C2)n1. The zero-order chi connectivity index (χ0) is 13.8. The van der Waals surface area contributed by atoms with Crippen LogP contribution in [0, 0.1) is 5.92 Å². The average Bonchev–Trinajstić information content (AvgIpc) is 2.87. The summed E-state index contributed by atoms with van der Waals surface area (Å²) in [6.07, 6.45) is 4.09. The van der Waals surface area contributed by atoms with Crippen LogP contribution in [0.2, 0.25) is 0 Å². The van der Waals surface area contributed by atoms with Crippen LogP contribution >= 0.6 is 0 Å². The number of likely N-dealkylation sites (tertiary alicyclic amines) is 1. The highest BCUT2D eigenvalue weighted by Crippen LogP contribution is 2.18. The molecule has 1 aliphatic heterocycles. The minimum absolute atomic E-state index is 0.158. The normalized spacial score (nSPS) is 22.1. The number of amidine groups is 1. The summed E-state index contributed by atoms with van der Waals surface area (Å²) in [6.45, 7) is 6.95. The molecule has 1 aromatic rings. The lowest BCUT2D eigenvalue weighted by Crippen LogP contribution is -2.40. The predicted octanol–water partition coefficient (Wildman–Crippen LogP) is 1.42. The lowest BCUT2D eigenvalue weighted by molar-refractivity contribution is 0.190. The van der Waals surface area contributed by atoms with Gasteiger partial charge in [-0.15, -0.1) is 0 Å². The van der Waals surface area contributed by atoms with E-state index in [-0.39, 0.29) is 5.92 Å². The van der Waals surface area contributed by atoms with Crippen molar-refractivity contribution in [2.24, 2.45) is 16.8 Å². The Morgan fingerprint density at radius 1 is 1.63 bits per heavy atom. The molecule has 1 aliphatic rings. The predicted molar refractivity (Wildman–Crippen MR) is 74.0 cm³/mol. The highest BCUT2D eigenvalue weighted by atomic mass is 16.4. The van der Waals surface area contributed by atoms with Gasteiger partial charge in [-0.1, -0.05) is 5.16 Å². The van der Waals surface area contributed by atoms with Crippen LogP contribution in [0.4, 0.5) is 0 Å². The maximum Gasteiger partial charge on any atom is 0.143 e. The molecule has 1 unspecified atom stereocenters. The number of rotatable bonds is 4. The van der Waals surface area contributed by atoms with E-state index in [1.165, 1.54) is 0 Å². The molecule has 1 fully saturated rings. The summed E-state index contributed by atoms with van der Waals surface area (Å²) >= 11 is 0. The lowest BCUT2D eigenvalue weighted by atomic mass is 9.97. The summed E-state index contributed by atoms with van der Waals surface area (Å²) in [5, 5.41) is 16.4. The van der Waals surface area contributed by atoms with Gasteiger partial charge in [-0.2, -0.15) is 5.10 Å². The van der Waals surface area contributed by atoms with E-state index in [4.69, 9.17) is 10.9 Å². The van der Waals surface area contributed by atoms with Gasteiger partial charge >= 0.3 is 0 Å². The van der Waals surface area contributed by atoms with Crippen molar-refractivity contribution in [2.45, 2.75) is 39.3 Å². The molecule has 0 aliphatic carbocycles. The minimum atomic E-state index is 0.158. The topological polar surface area (TPSA) is 79.7 Å². The van der Waals surface area contributed by atoms with Gasteiger partial charge in [0.25, 0.3) is 0 Å². The van der Waals surface area contributed by atoms with Crippen LogP contribution in [0.1, 0.15) is 38.4 Å². The molecule has 6 heteroatoms. The first-order valence-electron chi connectivity index (χ1n) is 6.84. The Balaban J connectivity index is 1.94. The summed E-state index contributed by atoms with van der Waals surface area (Å²) in [7, 11) is 0. The molecule has 0 amide bonds. The Morgan fingerprint density at radius 2 is 2.42 bits per heavy atom. The van der Waals surface area contributed by atoms with Gasteiger partial charge in [0, 0.05) is 31.2 Å². The van der Waals surface area contributed by atoms with Crippen LogP contribution in [0.25, 0.3) is 0 Å². The van der Waals surface area contributed by atoms with Crippen molar-refractivity contribution in [3.05, 3.63) is 18.0 Å². The maximum atomic E-state index is 8.76. The van der Waals surface area contributed by atoms with E-state index in [1.807, 2.05) is 10.9 Å². The zero-order valence-corrected chi connectivity index (χ0v) is 11.7. The molecular weight excluding hydrogens is 242 g/mol. The van der Waals surface area contributed by atoms with Gasteiger partial charge in [0.2, 0.25) is 0 Å².